The fourth-order valence-corrected chi connectivity index (χ4v) is 2.31. The lowest BCUT2D eigenvalue weighted by atomic mass is 10.2. The molecule has 120 valence electrons. The van der Waals surface area contributed by atoms with Crippen molar-refractivity contribution < 1.29 is 8.78 Å². The summed E-state index contributed by atoms with van der Waals surface area (Å²) in [6.45, 7) is 4.23. The molecule has 0 fully saturated rings. The van der Waals surface area contributed by atoms with E-state index in [-0.39, 0.29) is 17.3 Å². The van der Waals surface area contributed by atoms with Gasteiger partial charge in [0.15, 0.2) is 11.6 Å². The minimum absolute atomic E-state index is 0.0668. The molecule has 0 aliphatic heterocycles. The average molecular weight is 320 g/mol. The zero-order chi connectivity index (χ0) is 16.7. The van der Waals surface area contributed by atoms with Gasteiger partial charge in [-0.2, -0.15) is 0 Å². The Bertz CT molecular complexity index is 1000. The SMILES string of the molecule is CC(C)Cn1nc2c(=O)n(-c3ccc(F)c(F)c3)ccn2c1=O. The van der Waals surface area contributed by atoms with Crippen LogP contribution in [-0.2, 0) is 6.54 Å². The highest BCUT2D eigenvalue weighted by Gasteiger charge is 2.14. The molecule has 8 heteroatoms. The molecule has 0 saturated heterocycles. The van der Waals surface area contributed by atoms with Crippen molar-refractivity contribution in [3.05, 3.63) is 63.1 Å². The topological polar surface area (TPSA) is 61.3 Å². The summed E-state index contributed by atoms with van der Waals surface area (Å²) in [6, 6.07) is 3.13. The van der Waals surface area contributed by atoms with E-state index in [1.54, 1.807) is 0 Å². The number of rotatable bonds is 3. The molecule has 0 unspecified atom stereocenters. The van der Waals surface area contributed by atoms with Gasteiger partial charge in [0.2, 0.25) is 5.65 Å². The molecule has 2 heterocycles. The predicted octanol–water partition coefficient (Wildman–Crippen LogP) is 1.58. The van der Waals surface area contributed by atoms with E-state index in [0.717, 1.165) is 21.1 Å². The van der Waals surface area contributed by atoms with Gasteiger partial charge in [-0.15, -0.1) is 5.10 Å². The molecule has 3 rings (SSSR count). The monoisotopic (exact) mass is 320 g/mol. The summed E-state index contributed by atoms with van der Waals surface area (Å²) in [7, 11) is 0. The minimum Gasteiger partial charge on any atom is -0.279 e. The van der Waals surface area contributed by atoms with E-state index in [4.69, 9.17) is 0 Å². The highest BCUT2D eigenvalue weighted by atomic mass is 19.2. The number of hydrogen-bond donors (Lipinski definition) is 0. The normalized spacial score (nSPS) is 11.5. The third kappa shape index (κ3) is 2.56. The van der Waals surface area contributed by atoms with E-state index in [0.29, 0.717) is 6.54 Å². The van der Waals surface area contributed by atoms with Crippen LogP contribution in [0, 0.1) is 17.6 Å². The second kappa shape index (κ2) is 5.45. The number of benzene rings is 1. The first-order chi connectivity index (χ1) is 10.9. The summed E-state index contributed by atoms with van der Waals surface area (Å²) in [5.74, 6) is -1.87. The van der Waals surface area contributed by atoms with Gasteiger partial charge in [-0.25, -0.2) is 22.7 Å². The van der Waals surface area contributed by atoms with Gasteiger partial charge in [0, 0.05) is 25.0 Å². The molecule has 0 N–H and O–H groups in total. The number of halogens is 2. The third-order valence-electron chi connectivity index (χ3n) is 3.36. The average Bonchev–Trinajstić information content (AvgIpc) is 2.80. The van der Waals surface area contributed by atoms with E-state index in [1.807, 2.05) is 13.8 Å². The molecule has 0 saturated carbocycles. The van der Waals surface area contributed by atoms with E-state index >= 15 is 0 Å². The number of aromatic nitrogens is 4. The summed E-state index contributed by atoms with van der Waals surface area (Å²) in [5, 5.41) is 4.04. The molecule has 0 bridgehead atoms. The summed E-state index contributed by atoms with van der Waals surface area (Å²) in [5.41, 5.74) is -0.911. The molecule has 23 heavy (non-hydrogen) atoms. The summed E-state index contributed by atoms with van der Waals surface area (Å²) < 4.78 is 29.9. The molecule has 0 aliphatic rings. The van der Waals surface area contributed by atoms with Crippen molar-refractivity contribution in [2.24, 2.45) is 5.92 Å². The van der Waals surface area contributed by atoms with Crippen LogP contribution in [0.1, 0.15) is 13.8 Å². The Kier molecular flexibility index (Phi) is 3.59. The lowest BCUT2D eigenvalue weighted by Gasteiger charge is -2.05. The second-order valence-corrected chi connectivity index (χ2v) is 5.62. The molecule has 0 amide bonds. The number of nitrogens with zero attached hydrogens (tertiary/aromatic N) is 4. The van der Waals surface area contributed by atoms with Gasteiger partial charge in [0.05, 0.1) is 5.69 Å². The van der Waals surface area contributed by atoms with Crippen LogP contribution < -0.4 is 11.2 Å². The Labute approximate surface area is 129 Å². The van der Waals surface area contributed by atoms with Crippen LogP contribution in [0.5, 0.6) is 0 Å². The van der Waals surface area contributed by atoms with Crippen LogP contribution in [0.25, 0.3) is 11.3 Å². The van der Waals surface area contributed by atoms with Crippen LogP contribution in [0.15, 0.2) is 40.2 Å². The van der Waals surface area contributed by atoms with E-state index < -0.39 is 22.9 Å². The standard InChI is InChI=1S/C15H14F2N4O2/c1-9(2)8-21-15(23)20-6-5-19(14(22)13(20)18-21)10-3-4-11(16)12(17)7-10/h3-7,9H,8H2,1-2H3. The second-order valence-electron chi connectivity index (χ2n) is 5.62. The lowest BCUT2D eigenvalue weighted by molar-refractivity contribution is 0.471. The van der Waals surface area contributed by atoms with Gasteiger partial charge in [-0.3, -0.25) is 9.36 Å². The summed E-state index contributed by atoms with van der Waals surface area (Å²) in [6.07, 6.45) is 2.70. The van der Waals surface area contributed by atoms with Crippen LogP contribution in [0.2, 0.25) is 0 Å². The van der Waals surface area contributed by atoms with Crippen molar-refractivity contribution in [2.75, 3.05) is 0 Å². The number of hydrogen-bond acceptors (Lipinski definition) is 3. The van der Waals surface area contributed by atoms with Crippen LogP contribution >= 0.6 is 0 Å². The molecule has 6 nitrogen and oxygen atoms in total. The van der Waals surface area contributed by atoms with Gasteiger partial charge in [-0.05, 0) is 18.1 Å². The highest BCUT2D eigenvalue weighted by Crippen LogP contribution is 2.11. The number of fused-ring (bicyclic) bond motifs is 1. The maximum absolute atomic E-state index is 13.4. The highest BCUT2D eigenvalue weighted by molar-refractivity contribution is 5.40. The van der Waals surface area contributed by atoms with Gasteiger partial charge in [0.1, 0.15) is 0 Å². The maximum Gasteiger partial charge on any atom is 0.350 e. The molecule has 3 aromatic rings. The molecule has 0 aliphatic carbocycles. The van der Waals surface area contributed by atoms with Crippen molar-refractivity contribution in [3.63, 3.8) is 0 Å². The van der Waals surface area contributed by atoms with Crippen molar-refractivity contribution in [1.29, 1.82) is 0 Å². The van der Waals surface area contributed by atoms with Gasteiger partial charge >= 0.3 is 11.2 Å². The molecular formula is C15H14F2N4O2. The first-order valence-electron chi connectivity index (χ1n) is 7.04. The quantitative estimate of drug-likeness (QED) is 0.736. The first kappa shape index (κ1) is 15.1. The Balaban J connectivity index is 2.21. The van der Waals surface area contributed by atoms with E-state index in [2.05, 4.69) is 5.10 Å². The molecule has 0 radical (unpaired) electrons. The van der Waals surface area contributed by atoms with Crippen LogP contribution in [-0.4, -0.2) is 18.7 Å². The Morgan fingerprint density at radius 3 is 2.52 bits per heavy atom. The summed E-state index contributed by atoms with van der Waals surface area (Å²) >= 11 is 0. The first-order valence-corrected chi connectivity index (χ1v) is 7.04. The molecule has 1 aromatic carbocycles. The third-order valence-corrected chi connectivity index (χ3v) is 3.36. The van der Waals surface area contributed by atoms with Crippen molar-refractivity contribution in [2.45, 2.75) is 20.4 Å². The predicted molar refractivity (Wildman–Crippen MR) is 79.8 cm³/mol. The fourth-order valence-electron chi connectivity index (χ4n) is 2.31. The molecule has 0 spiro atoms. The summed E-state index contributed by atoms with van der Waals surface area (Å²) in [4.78, 5) is 24.7. The molecular weight excluding hydrogens is 306 g/mol. The molecule has 2 aromatic heterocycles. The zero-order valence-electron chi connectivity index (χ0n) is 12.5. The maximum atomic E-state index is 13.4. The minimum atomic E-state index is -1.06. The Hall–Kier alpha value is -2.77. The largest absolute Gasteiger partial charge is 0.350 e. The van der Waals surface area contributed by atoms with Gasteiger partial charge < -0.3 is 0 Å². The zero-order valence-corrected chi connectivity index (χ0v) is 12.5. The smallest absolute Gasteiger partial charge is 0.279 e. The van der Waals surface area contributed by atoms with Crippen LogP contribution in [0.4, 0.5) is 8.78 Å². The van der Waals surface area contributed by atoms with Crippen LogP contribution in [0.3, 0.4) is 0 Å². The fraction of sp³-hybridized carbons (Fsp3) is 0.267. The van der Waals surface area contributed by atoms with Gasteiger partial charge in [0.25, 0.3) is 0 Å². The molecule has 0 atom stereocenters. The van der Waals surface area contributed by atoms with Crippen molar-refractivity contribution in [1.82, 2.24) is 18.7 Å². The van der Waals surface area contributed by atoms with Gasteiger partial charge in [-0.1, -0.05) is 13.8 Å². The van der Waals surface area contributed by atoms with E-state index in [1.165, 1.54) is 23.1 Å². The van der Waals surface area contributed by atoms with Crippen molar-refractivity contribution >= 4 is 5.65 Å². The lowest BCUT2D eigenvalue weighted by Crippen LogP contribution is -2.25. The van der Waals surface area contributed by atoms with E-state index in [9.17, 15) is 18.4 Å². The Morgan fingerprint density at radius 2 is 1.87 bits per heavy atom. The van der Waals surface area contributed by atoms with Crippen molar-refractivity contribution in [3.8, 4) is 5.69 Å². The Morgan fingerprint density at radius 1 is 1.13 bits per heavy atom.